The van der Waals surface area contributed by atoms with Crippen molar-refractivity contribution in [1.82, 2.24) is 24.8 Å². The maximum atomic E-state index is 14.9. The van der Waals surface area contributed by atoms with Gasteiger partial charge < -0.3 is 19.5 Å². The SMILES string of the molecule is C[C@H]1[C@H]([Si](C)(C)O)[C@@H](CCn2cc(C(CO)c3ccccc3)nn2)O[C@]12C(=O)N(Cc1ccc(-n3ncc4ccccc4c3=O)cc1)c1ccc([N+](=O)[O-])cc12. The molecule has 2 aliphatic rings. The first-order valence-corrected chi connectivity index (χ1v) is 21.6. The number of aromatic nitrogens is 5. The quantitative estimate of drug-likeness (QED) is 0.0979. The number of aryl methyl sites for hydroxylation is 1. The molecule has 1 fully saturated rings. The van der Waals surface area contributed by atoms with Gasteiger partial charge >= 0.3 is 0 Å². The van der Waals surface area contributed by atoms with Crippen LogP contribution in [0.3, 0.4) is 0 Å². The molecule has 5 atom stereocenters. The van der Waals surface area contributed by atoms with Crippen molar-refractivity contribution in [1.29, 1.82) is 0 Å². The molecule has 1 amide bonds. The number of aliphatic hydroxyl groups excluding tert-OH is 1. The third-order valence-corrected chi connectivity index (χ3v) is 13.8. The molecule has 4 heterocycles. The van der Waals surface area contributed by atoms with Crippen LogP contribution in [0.4, 0.5) is 11.4 Å². The fraction of sp³-hybridized carbons (Fsp3) is 0.293. The number of nitrogens with zero attached hydrogens (tertiary/aromatic N) is 7. The zero-order chi connectivity index (χ0) is 39.4. The van der Waals surface area contributed by atoms with Crippen molar-refractivity contribution < 1.29 is 24.4 Å². The second-order valence-electron chi connectivity index (χ2n) is 15.2. The molecule has 1 saturated heterocycles. The summed E-state index contributed by atoms with van der Waals surface area (Å²) in [5, 5.41) is 36.6. The number of nitro benzene ring substituents is 1. The first-order valence-electron chi connectivity index (χ1n) is 18.5. The van der Waals surface area contributed by atoms with Crippen molar-refractivity contribution >= 4 is 36.4 Å². The molecule has 4 aromatic carbocycles. The third kappa shape index (κ3) is 6.31. The van der Waals surface area contributed by atoms with E-state index in [0.717, 1.165) is 16.5 Å². The molecule has 0 saturated carbocycles. The molecular weight excluding hydrogens is 731 g/mol. The van der Waals surface area contributed by atoms with Crippen molar-refractivity contribution in [3.05, 3.63) is 152 Å². The summed E-state index contributed by atoms with van der Waals surface area (Å²) in [6.07, 6.45) is 3.23. The summed E-state index contributed by atoms with van der Waals surface area (Å²) >= 11 is 0. The summed E-state index contributed by atoms with van der Waals surface area (Å²) in [6, 6.07) is 28.4. The van der Waals surface area contributed by atoms with Crippen LogP contribution < -0.4 is 10.5 Å². The summed E-state index contributed by atoms with van der Waals surface area (Å²) in [6.45, 7) is 5.89. The molecule has 1 spiro atoms. The van der Waals surface area contributed by atoms with Gasteiger partial charge in [0.05, 0.1) is 58.7 Å². The lowest BCUT2D eigenvalue weighted by molar-refractivity contribution is -0.385. The van der Waals surface area contributed by atoms with Crippen LogP contribution in [0, 0.1) is 16.0 Å². The van der Waals surface area contributed by atoms with E-state index in [1.165, 1.54) is 16.8 Å². The van der Waals surface area contributed by atoms with E-state index in [4.69, 9.17) is 4.74 Å². The summed E-state index contributed by atoms with van der Waals surface area (Å²) in [5.74, 6) is -1.25. The van der Waals surface area contributed by atoms with Gasteiger partial charge in [-0.3, -0.25) is 24.4 Å². The van der Waals surface area contributed by atoms with Gasteiger partial charge in [-0.25, -0.2) is 0 Å². The number of amides is 1. The number of carbonyl (C=O) groups is 1. The Labute approximate surface area is 322 Å². The number of benzene rings is 4. The number of hydrogen-bond donors (Lipinski definition) is 2. The normalized spacial score (nSPS) is 21.2. The predicted molar refractivity (Wildman–Crippen MR) is 211 cm³/mol. The molecule has 0 radical (unpaired) electrons. The first kappa shape index (κ1) is 37.1. The number of fused-ring (bicyclic) bond motifs is 3. The molecule has 2 aliphatic heterocycles. The molecule has 15 heteroatoms. The van der Waals surface area contributed by atoms with Crippen LogP contribution in [0.2, 0.25) is 18.6 Å². The second kappa shape index (κ2) is 14.3. The molecule has 6 aromatic rings. The van der Waals surface area contributed by atoms with Crippen molar-refractivity contribution in [3.63, 3.8) is 0 Å². The molecule has 2 N–H and O–H groups in total. The standard InChI is InChI=1S/C41H41N7O7Si/c1-26-38(56(2,3)54)37(19-20-45-24-35(43-44-45)33(25-49)28-9-5-4-6-10-28)55-41(26)34-21-31(48(52)53)17-18-36(34)46(40(41)51)23-27-13-15-30(16-14-27)47-39(50)32-12-8-7-11-29(32)22-42-47/h4-18,21-22,24,26,33,37-38,49,54H,19-20,23,25H2,1-3H3/t26-,33?,37+,38-,41+/m0/s1. The number of nitro groups is 1. The van der Waals surface area contributed by atoms with E-state index in [0.29, 0.717) is 41.0 Å². The minimum Gasteiger partial charge on any atom is -0.432 e. The molecule has 8 rings (SSSR count). The lowest BCUT2D eigenvalue weighted by Gasteiger charge is -2.32. The predicted octanol–water partition coefficient (Wildman–Crippen LogP) is 5.44. The fourth-order valence-corrected chi connectivity index (χ4v) is 11.3. The summed E-state index contributed by atoms with van der Waals surface area (Å²) < 4.78 is 9.92. The van der Waals surface area contributed by atoms with Crippen LogP contribution in [0.25, 0.3) is 16.5 Å². The van der Waals surface area contributed by atoms with Crippen molar-refractivity contribution in [3.8, 4) is 5.69 Å². The highest BCUT2D eigenvalue weighted by molar-refractivity contribution is 6.71. The van der Waals surface area contributed by atoms with Crippen LogP contribution in [0.5, 0.6) is 0 Å². The average molecular weight is 772 g/mol. The van der Waals surface area contributed by atoms with Crippen LogP contribution in [-0.2, 0) is 28.2 Å². The summed E-state index contributed by atoms with van der Waals surface area (Å²) in [4.78, 5) is 53.1. The number of rotatable bonds is 11. The van der Waals surface area contributed by atoms with Crippen molar-refractivity contribution in [2.24, 2.45) is 5.92 Å². The zero-order valence-corrected chi connectivity index (χ0v) is 32.1. The fourth-order valence-electron chi connectivity index (χ4n) is 8.70. The number of ether oxygens (including phenoxy) is 1. The van der Waals surface area contributed by atoms with E-state index in [1.807, 2.05) is 74.6 Å². The highest BCUT2D eigenvalue weighted by Crippen LogP contribution is 2.60. The van der Waals surface area contributed by atoms with E-state index >= 15 is 0 Å². The molecule has 1 unspecified atom stereocenters. The Hall–Kier alpha value is -5.87. The molecule has 56 heavy (non-hydrogen) atoms. The second-order valence-corrected chi connectivity index (χ2v) is 19.1. The van der Waals surface area contributed by atoms with Crippen LogP contribution in [-0.4, -0.2) is 66.5 Å². The topological polar surface area (TPSA) is 179 Å². The molecule has 286 valence electrons. The van der Waals surface area contributed by atoms with E-state index in [-0.39, 0.29) is 36.2 Å². The average Bonchev–Trinajstić information content (AvgIpc) is 3.85. The lowest BCUT2D eigenvalue weighted by atomic mass is 9.82. The highest BCUT2D eigenvalue weighted by Gasteiger charge is 2.66. The van der Waals surface area contributed by atoms with Gasteiger partial charge in [0, 0.05) is 47.3 Å². The Kier molecular flexibility index (Phi) is 9.48. The monoisotopic (exact) mass is 771 g/mol. The van der Waals surface area contributed by atoms with Gasteiger partial charge in [0.25, 0.3) is 17.2 Å². The summed E-state index contributed by atoms with van der Waals surface area (Å²) in [5.41, 5.74) is 1.32. The maximum Gasteiger partial charge on any atom is 0.279 e. The Bertz CT molecular complexity index is 2500. The Morgan fingerprint density at radius 2 is 1.73 bits per heavy atom. The zero-order valence-electron chi connectivity index (χ0n) is 31.1. The van der Waals surface area contributed by atoms with Crippen molar-refractivity contribution in [2.75, 3.05) is 11.5 Å². The van der Waals surface area contributed by atoms with Gasteiger partial charge in [0.15, 0.2) is 13.9 Å². The number of non-ortho nitro benzene ring substituents is 1. The number of aliphatic hydroxyl groups is 1. The van der Waals surface area contributed by atoms with Gasteiger partial charge in [-0.15, -0.1) is 5.10 Å². The number of hydrogen-bond acceptors (Lipinski definition) is 10. The van der Waals surface area contributed by atoms with E-state index in [9.17, 15) is 29.6 Å². The minimum atomic E-state index is -3.03. The molecule has 0 bridgehead atoms. The summed E-state index contributed by atoms with van der Waals surface area (Å²) in [7, 11) is -3.03. The van der Waals surface area contributed by atoms with Gasteiger partial charge in [-0.05, 0) is 54.9 Å². The van der Waals surface area contributed by atoms with Gasteiger partial charge in [0.1, 0.15) is 0 Å². The molecule has 0 aliphatic carbocycles. The minimum absolute atomic E-state index is 0.131. The molecule has 2 aromatic heterocycles. The van der Waals surface area contributed by atoms with E-state index in [1.54, 1.807) is 52.3 Å². The first-order chi connectivity index (χ1) is 26.9. The van der Waals surface area contributed by atoms with Crippen LogP contribution in [0.15, 0.2) is 114 Å². The Morgan fingerprint density at radius 3 is 2.45 bits per heavy atom. The van der Waals surface area contributed by atoms with Crippen molar-refractivity contribution in [2.45, 2.75) is 62.7 Å². The number of anilines is 1. The van der Waals surface area contributed by atoms with Gasteiger partial charge in [-0.1, -0.05) is 72.8 Å². The van der Waals surface area contributed by atoms with Crippen LogP contribution in [0.1, 0.15) is 41.6 Å². The Morgan fingerprint density at radius 1 is 1.00 bits per heavy atom. The van der Waals surface area contributed by atoms with Crippen LogP contribution >= 0.6 is 0 Å². The molecular formula is C41H41N7O7Si. The van der Waals surface area contributed by atoms with E-state index in [2.05, 4.69) is 15.4 Å². The maximum absolute atomic E-state index is 14.9. The van der Waals surface area contributed by atoms with Gasteiger partial charge in [-0.2, -0.15) is 9.78 Å². The third-order valence-electron chi connectivity index (χ3n) is 11.3. The van der Waals surface area contributed by atoms with E-state index < -0.39 is 36.4 Å². The molecule has 14 nitrogen and oxygen atoms in total. The Balaban J connectivity index is 1.09. The number of carbonyl (C=O) groups excluding carboxylic acids is 1. The smallest absolute Gasteiger partial charge is 0.279 e. The van der Waals surface area contributed by atoms with Gasteiger partial charge in [0.2, 0.25) is 0 Å². The highest BCUT2D eigenvalue weighted by atomic mass is 28.4. The lowest BCUT2D eigenvalue weighted by Crippen LogP contribution is -2.46. The largest absolute Gasteiger partial charge is 0.432 e.